The van der Waals surface area contributed by atoms with Crippen LogP contribution in [0.15, 0.2) is 28.8 Å². The summed E-state index contributed by atoms with van der Waals surface area (Å²) in [6, 6.07) is 7.43. The van der Waals surface area contributed by atoms with Gasteiger partial charge in [-0.25, -0.2) is 0 Å². The summed E-state index contributed by atoms with van der Waals surface area (Å²) in [4.78, 5) is 12.1. The second kappa shape index (κ2) is 5.56. The number of hydrogen-bond donors (Lipinski definition) is 2. The summed E-state index contributed by atoms with van der Waals surface area (Å²) in [5, 5.41) is 9.70. The predicted molar refractivity (Wildman–Crippen MR) is 73.1 cm³/mol. The number of benzene rings is 1. The highest BCUT2D eigenvalue weighted by molar-refractivity contribution is 5.96. The molecule has 0 unspecified atom stereocenters. The Morgan fingerprint density at radius 3 is 2.68 bits per heavy atom. The molecule has 0 radical (unpaired) electrons. The summed E-state index contributed by atoms with van der Waals surface area (Å²) in [5.74, 6) is 0.625. The van der Waals surface area contributed by atoms with E-state index in [1.807, 2.05) is 39.1 Å². The van der Waals surface area contributed by atoms with Crippen molar-refractivity contribution < 1.29 is 9.32 Å². The van der Waals surface area contributed by atoms with Crippen LogP contribution >= 0.6 is 0 Å². The van der Waals surface area contributed by atoms with Crippen LogP contribution in [0.3, 0.4) is 0 Å². The fraction of sp³-hybridized carbons (Fsp3) is 0.286. The van der Waals surface area contributed by atoms with E-state index in [-0.39, 0.29) is 5.91 Å². The number of nitrogens with zero attached hydrogens (tertiary/aromatic N) is 1. The molecule has 2 N–H and O–H groups in total. The van der Waals surface area contributed by atoms with Crippen LogP contribution in [-0.4, -0.2) is 18.1 Å². The van der Waals surface area contributed by atoms with E-state index >= 15 is 0 Å². The van der Waals surface area contributed by atoms with Crippen LogP contribution in [0.2, 0.25) is 0 Å². The van der Waals surface area contributed by atoms with E-state index in [0.29, 0.717) is 12.1 Å². The SMILES string of the molecule is CNc1ccc(C(=O)NCc2cc(C)on2)c(C)c1. The van der Waals surface area contributed by atoms with Crippen LogP contribution < -0.4 is 10.6 Å². The van der Waals surface area contributed by atoms with Crippen LogP contribution in [0.25, 0.3) is 0 Å². The van der Waals surface area contributed by atoms with E-state index in [4.69, 9.17) is 4.52 Å². The maximum atomic E-state index is 12.1. The van der Waals surface area contributed by atoms with Crippen molar-refractivity contribution in [1.82, 2.24) is 10.5 Å². The summed E-state index contributed by atoms with van der Waals surface area (Å²) in [6.45, 7) is 4.10. The first kappa shape index (κ1) is 13.1. The van der Waals surface area contributed by atoms with Gasteiger partial charge in [-0.2, -0.15) is 0 Å². The lowest BCUT2D eigenvalue weighted by Crippen LogP contribution is -2.23. The van der Waals surface area contributed by atoms with Gasteiger partial charge in [-0.15, -0.1) is 0 Å². The molecule has 0 atom stereocenters. The predicted octanol–water partition coefficient (Wildman–Crippen LogP) is 2.26. The molecule has 1 aromatic heterocycles. The van der Waals surface area contributed by atoms with E-state index in [0.717, 1.165) is 22.7 Å². The Labute approximate surface area is 112 Å². The summed E-state index contributed by atoms with van der Waals surface area (Å²) >= 11 is 0. The Kier molecular flexibility index (Phi) is 3.85. The van der Waals surface area contributed by atoms with E-state index in [9.17, 15) is 4.79 Å². The molecule has 0 aliphatic carbocycles. The molecule has 0 saturated heterocycles. The van der Waals surface area contributed by atoms with E-state index in [1.165, 1.54) is 0 Å². The first-order valence-electron chi connectivity index (χ1n) is 6.09. The van der Waals surface area contributed by atoms with Gasteiger partial charge in [0, 0.05) is 24.4 Å². The van der Waals surface area contributed by atoms with Gasteiger partial charge in [-0.1, -0.05) is 5.16 Å². The van der Waals surface area contributed by atoms with Gasteiger partial charge in [0.15, 0.2) is 0 Å². The third-order valence-corrected chi connectivity index (χ3v) is 2.87. The van der Waals surface area contributed by atoms with Crippen molar-refractivity contribution in [2.45, 2.75) is 20.4 Å². The molecule has 1 amide bonds. The lowest BCUT2D eigenvalue weighted by Gasteiger charge is -2.08. The monoisotopic (exact) mass is 259 g/mol. The zero-order chi connectivity index (χ0) is 13.8. The van der Waals surface area contributed by atoms with Crippen molar-refractivity contribution >= 4 is 11.6 Å². The van der Waals surface area contributed by atoms with Gasteiger partial charge in [0.25, 0.3) is 5.91 Å². The van der Waals surface area contributed by atoms with Crippen LogP contribution in [0.5, 0.6) is 0 Å². The molecule has 100 valence electrons. The average molecular weight is 259 g/mol. The molecule has 1 heterocycles. The topological polar surface area (TPSA) is 67.2 Å². The summed E-state index contributed by atoms with van der Waals surface area (Å²) < 4.78 is 4.95. The minimum Gasteiger partial charge on any atom is -0.388 e. The maximum Gasteiger partial charge on any atom is 0.251 e. The number of hydrogen-bond acceptors (Lipinski definition) is 4. The van der Waals surface area contributed by atoms with Crippen LogP contribution in [0, 0.1) is 13.8 Å². The van der Waals surface area contributed by atoms with Crippen molar-refractivity contribution in [3.63, 3.8) is 0 Å². The van der Waals surface area contributed by atoms with Crippen molar-refractivity contribution in [1.29, 1.82) is 0 Å². The smallest absolute Gasteiger partial charge is 0.251 e. The van der Waals surface area contributed by atoms with Crippen LogP contribution in [-0.2, 0) is 6.54 Å². The summed E-state index contributed by atoms with van der Waals surface area (Å²) in [7, 11) is 1.85. The number of rotatable bonds is 4. The Morgan fingerprint density at radius 2 is 2.11 bits per heavy atom. The highest BCUT2D eigenvalue weighted by atomic mass is 16.5. The standard InChI is InChI=1S/C14H17N3O2/c1-9-6-11(15-3)4-5-13(9)14(18)16-8-12-7-10(2)19-17-12/h4-7,15H,8H2,1-3H3,(H,16,18). The molecule has 2 rings (SSSR count). The molecule has 2 aromatic rings. The molecular weight excluding hydrogens is 242 g/mol. The number of nitrogens with one attached hydrogen (secondary N) is 2. The minimum absolute atomic E-state index is 0.110. The first-order valence-corrected chi connectivity index (χ1v) is 6.09. The highest BCUT2D eigenvalue weighted by Crippen LogP contribution is 2.14. The molecule has 0 aliphatic rings. The Bertz CT molecular complexity index is 590. The molecule has 1 aromatic carbocycles. The fourth-order valence-corrected chi connectivity index (χ4v) is 1.84. The largest absolute Gasteiger partial charge is 0.388 e. The molecule has 0 fully saturated rings. The van der Waals surface area contributed by atoms with Gasteiger partial charge >= 0.3 is 0 Å². The minimum atomic E-state index is -0.110. The molecule has 0 bridgehead atoms. The Hall–Kier alpha value is -2.30. The number of anilines is 1. The van der Waals surface area contributed by atoms with Gasteiger partial charge in [0.2, 0.25) is 0 Å². The van der Waals surface area contributed by atoms with E-state index in [2.05, 4.69) is 15.8 Å². The van der Waals surface area contributed by atoms with Crippen molar-refractivity contribution in [3.8, 4) is 0 Å². The molecule has 0 spiro atoms. The van der Waals surface area contributed by atoms with Gasteiger partial charge in [-0.3, -0.25) is 4.79 Å². The molecule has 19 heavy (non-hydrogen) atoms. The normalized spacial score (nSPS) is 10.3. The summed E-state index contributed by atoms with van der Waals surface area (Å²) in [6.07, 6.45) is 0. The third-order valence-electron chi connectivity index (χ3n) is 2.87. The number of amides is 1. The Morgan fingerprint density at radius 1 is 1.32 bits per heavy atom. The first-order chi connectivity index (χ1) is 9.10. The molecule has 0 aliphatic heterocycles. The van der Waals surface area contributed by atoms with Gasteiger partial charge < -0.3 is 15.2 Å². The maximum absolute atomic E-state index is 12.1. The highest BCUT2D eigenvalue weighted by Gasteiger charge is 2.10. The van der Waals surface area contributed by atoms with Crippen molar-refractivity contribution in [2.75, 3.05) is 12.4 Å². The number of aryl methyl sites for hydroxylation is 2. The second-order valence-electron chi connectivity index (χ2n) is 4.39. The van der Waals surface area contributed by atoms with Gasteiger partial charge in [-0.05, 0) is 37.6 Å². The van der Waals surface area contributed by atoms with Gasteiger partial charge in [0.1, 0.15) is 11.5 Å². The van der Waals surface area contributed by atoms with Crippen LogP contribution in [0.4, 0.5) is 5.69 Å². The third kappa shape index (κ3) is 3.13. The second-order valence-corrected chi connectivity index (χ2v) is 4.39. The number of carbonyl (C=O) groups excluding carboxylic acids is 1. The quantitative estimate of drug-likeness (QED) is 0.883. The van der Waals surface area contributed by atoms with Gasteiger partial charge in [0.05, 0.1) is 6.54 Å². The lowest BCUT2D eigenvalue weighted by atomic mass is 10.1. The zero-order valence-electron chi connectivity index (χ0n) is 11.3. The summed E-state index contributed by atoms with van der Waals surface area (Å²) in [5.41, 5.74) is 3.30. The average Bonchev–Trinajstić information content (AvgIpc) is 2.81. The number of aromatic nitrogens is 1. The van der Waals surface area contributed by atoms with Crippen LogP contribution in [0.1, 0.15) is 27.4 Å². The molecule has 5 heteroatoms. The van der Waals surface area contributed by atoms with Crippen molar-refractivity contribution in [3.05, 3.63) is 46.8 Å². The Balaban J connectivity index is 2.03. The zero-order valence-corrected chi connectivity index (χ0v) is 11.3. The van der Waals surface area contributed by atoms with E-state index in [1.54, 1.807) is 6.07 Å². The molecular formula is C14H17N3O2. The fourth-order valence-electron chi connectivity index (χ4n) is 1.84. The number of carbonyl (C=O) groups is 1. The molecule has 5 nitrogen and oxygen atoms in total. The molecule has 0 saturated carbocycles. The lowest BCUT2D eigenvalue weighted by molar-refractivity contribution is 0.0949. The van der Waals surface area contributed by atoms with Crippen molar-refractivity contribution in [2.24, 2.45) is 0 Å². The van der Waals surface area contributed by atoms with E-state index < -0.39 is 0 Å².